The summed E-state index contributed by atoms with van der Waals surface area (Å²) in [4.78, 5) is 35.6. The zero-order chi connectivity index (χ0) is 22.9. The number of carbonyl (C=O) groups excluding carboxylic acids is 3. The van der Waals surface area contributed by atoms with Crippen LogP contribution in [-0.4, -0.2) is 17.8 Å². The fourth-order valence-electron chi connectivity index (χ4n) is 3.01. The van der Waals surface area contributed by atoms with Crippen molar-refractivity contribution in [3.63, 3.8) is 0 Å². The minimum absolute atomic E-state index is 0.0602. The van der Waals surface area contributed by atoms with E-state index in [0.717, 1.165) is 11.1 Å². The predicted molar refractivity (Wildman–Crippen MR) is 124 cm³/mol. The van der Waals surface area contributed by atoms with Crippen LogP contribution in [0.1, 0.15) is 34.8 Å². The number of rotatable bonds is 8. The van der Waals surface area contributed by atoms with Crippen molar-refractivity contribution in [1.29, 1.82) is 0 Å². The van der Waals surface area contributed by atoms with Crippen LogP contribution in [0.2, 0.25) is 5.02 Å². The topological polar surface area (TPSA) is 84.5 Å². The Bertz CT molecular complexity index is 1110. The maximum atomic E-state index is 12.4. The summed E-state index contributed by atoms with van der Waals surface area (Å²) >= 11 is 6.12. The number of hydrogen-bond donors (Lipinski definition) is 2. The highest BCUT2D eigenvalue weighted by atomic mass is 35.5. The molecule has 0 atom stereocenters. The van der Waals surface area contributed by atoms with E-state index >= 15 is 0 Å². The zero-order valence-electron chi connectivity index (χ0n) is 17.6. The molecule has 3 aromatic rings. The number of carbonyl (C=O) groups is 3. The lowest BCUT2D eigenvalue weighted by Crippen LogP contribution is -2.23. The first-order valence-electron chi connectivity index (χ1n) is 10.1. The van der Waals surface area contributed by atoms with Gasteiger partial charge in [0.05, 0.1) is 0 Å². The maximum absolute atomic E-state index is 12.4. The third-order valence-corrected chi connectivity index (χ3v) is 5.01. The number of aryl methyl sites for hydroxylation is 1. The minimum atomic E-state index is -0.450. The monoisotopic (exact) mass is 450 g/mol. The van der Waals surface area contributed by atoms with Gasteiger partial charge in [-0.05, 0) is 53.9 Å². The first kappa shape index (κ1) is 23.0. The molecule has 7 heteroatoms. The second kappa shape index (κ2) is 11.1. The van der Waals surface area contributed by atoms with Crippen LogP contribution in [0.15, 0.2) is 72.8 Å². The van der Waals surface area contributed by atoms with Crippen molar-refractivity contribution < 1.29 is 19.1 Å². The molecule has 0 aliphatic carbocycles. The Hall–Kier alpha value is -3.64. The van der Waals surface area contributed by atoms with Crippen molar-refractivity contribution in [2.75, 3.05) is 5.32 Å². The Morgan fingerprint density at radius 2 is 1.69 bits per heavy atom. The smallest absolute Gasteiger partial charge is 0.308 e. The molecule has 0 spiro atoms. The summed E-state index contributed by atoms with van der Waals surface area (Å²) in [5.74, 6) is -0.519. The first-order valence-corrected chi connectivity index (χ1v) is 10.5. The number of nitrogens with one attached hydrogen (secondary N) is 2. The summed E-state index contributed by atoms with van der Waals surface area (Å²) < 4.78 is 5.01. The van der Waals surface area contributed by atoms with E-state index in [1.807, 2.05) is 36.4 Å². The van der Waals surface area contributed by atoms with E-state index < -0.39 is 5.97 Å². The average Bonchev–Trinajstić information content (AvgIpc) is 2.78. The molecule has 0 bridgehead atoms. The summed E-state index contributed by atoms with van der Waals surface area (Å²) in [5, 5.41) is 6.34. The van der Waals surface area contributed by atoms with Crippen molar-refractivity contribution >= 4 is 35.1 Å². The van der Waals surface area contributed by atoms with E-state index in [2.05, 4.69) is 10.6 Å². The van der Waals surface area contributed by atoms with Gasteiger partial charge in [-0.2, -0.15) is 0 Å². The lowest BCUT2D eigenvalue weighted by molar-refractivity contribution is -0.131. The van der Waals surface area contributed by atoms with Crippen LogP contribution in [0.5, 0.6) is 5.75 Å². The Balaban J connectivity index is 1.48. The third-order valence-electron chi connectivity index (χ3n) is 4.64. The number of amides is 2. The molecule has 0 radical (unpaired) electrons. The van der Waals surface area contributed by atoms with Crippen molar-refractivity contribution in [1.82, 2.24) is 5.32 Å². The highest BCUT2D eigenvalue weighted by molar-refractivity contribution is 6.31. The van der Waals surface area contributed by atoms with Crippen molar-refractivity contribution in [3.8, 4) is 5.75 Å². The van der Waals surface area contributed by atoms with Crippen LogP contribution < -0.4 is 15.4 Å². The van der Waals surface area contributed by atoms with Crippen LogP contribution in [0.3, 0.4) is 0 Å². The summed E-state index contributed by atoms with van der Waals surface area (Å²) in [6.45, 7) is 1.69. The molecular weight excluding hydrogens is 428 g/mol. The zero-order valence-corrected chi connectivity index (χ0v) is 18.3. The summed E-state index contributed by atoms with van der Waals surface area (Å²) in [5.41, 5.74) is 2.84. The van der Waals surface area contributed by atoms with E-state index in [1.54, 1.807) is 30.3 Å². The average molecular weight is 451 g/mol. The molecule has 0 heterocycles. The highest BCUT2D eigenvalue weighted by Gasteiger charge is 2.09. The number of anilines is 1. The van der Waals surface area contributed by atoms with Crippen LogP contribution >= 0.6 is 11.6 Å². The fourth-order valence-corrected chi connectivity index (χ4v) is 3.24. The van der Waals surface area contributed by atoms with Gasteiger partial charge < -0.3 is 15.4 Å². The molecule has 6 nitrogen and oxygen atoms in total. The van der Waals surface area contributed by atoms with Gasteiger partial charge in [-0.1, -0.05) is 48.0 Å². The maximum Gasteiger partial charge on any atom is 0.308 e. The van der Waals surface area contributed by atoms with Gasteiger partial charge >= 0.3 is 5.97 Å². The molecule has 3 aromatic carbocycles. The van der Waals surface area contributed by atoms with Crippen molar-refractivity contribution in [2.45, 2.75) is 26.3 Å². The molecule has 0 unspecified atom stereocenters. The van der Waals surface area contributed by atoms with Gasteiger partial charge in [0.15, 0.2) is 0 Å². The molecule has 0 aliphatic heterocycles. The van der Waals surface area contributed by atoms with Gasteiger partial charge in [0.25, 0.3) is 5.91 Å². The second-order valence-corrected chi connectivity index (χ2v) is 7.55. The van der Waals surface area contributed by atoms with Gasteiger partial charge in [0.2, 0.25) is 5.91 Å². The Kier molecular flexibility index (Phi) is 8.00. The Morgan fingerprint density at radius 3 is 2.41 bits per heavy atom. The number of benzene rings is 3. The summed E-state index contributed by atoms with van der Waals surface area (Å²) in [6, 6.07) is 21.1. The molecule has 3 rings (SSSR count). The van der Waals surface area contributed by atoms with Gasteiger partial charge in [-0.3, -0.25) is 14.4 Å². The van der Waals surface area contributed by atoms with E-state index in [-0.39, 0.29) is 11.8 Å². The number of halogens is 1. The molecule has 2 N–H and O–H groups in total. The lowest BCUT2D eigenvalue weighted by atomic mass is 10.1. The van der Waals surface area contributed by atoms with Gasteiger partial charge in [0.1, 0.15) is 5.75 Å². The molecule has 0 fully saturated rings. The molecule has 0 aromatic heterocycles. The van der Waals surface area contributed by atoms with Crippen LogP contribution in [0.4, 0.5) is 5.69 Å². The lowest BCUT2D eigenvalue weighted by Gasteiger charge is -2.09. The fraction of sp³-hybridized carbons (Fsp3) is 0.160. The van der Waals surface area contributed by atoms with Gasteiger partial charge in [-0.25, -0.2) is 0 Å². The Morgan fingerprint density at radius 1 is 0.938 bits per heavy atom. The third kappa shape index (κ3) is 6.96. The molecule has 2 amide bonds. The van der Waals surface area contributed by atoms with Crippen LogP contribution in [0.25, 0.3) is 0 Å². The minimum Gasteiger partial charge on any atom is -0.427 e. The number of hydrogen-bond acceptors (Lipinski definition) is 4. The van der Waals surface area contributed by atoms with Crippen LogP contribution in [0, 0.1) is 0 Å². The van der Waals surface area contributed by atoms with Crippen molar-refractivity contribution in [2.24, 2.45) is 0 Å². The molecule has 0 saturated heterocycles. The molecular formula is C25H23ClN2O4. The summed E-state index contributed by atoms with van der Waals surface area (Å²) in [6.07, 6.45) is 0.930. The van der Waals surface area contributed by atoms with Gasteiger partial charge in [0, 0.05) is 36.2 Å². The van der Waals surface area contributed by atoms with E-state index in [9.17, 15) is 14.4 Å². The van der Waals surface area contributed by atoms with E-state index in [1.165, 1.54) is 13.0 Å². The predicted octanol–water partition coefficient (Wildman–Crippen LogP) is 4.77. The largest absolute Gasteiger partial charge is 0.427 e. The normalized spacial score (nSPS) is 10.3. The SMILES string of the molecule is CC(=O)Oc1cccc(C(=O)Nc2ccc(CNC(=O)CCc3ccccc3Cl)cc2)c1. The molecule has 32 heavy (non-hydrogen) atoms. The molecule has 0 saturated carbocycles. The van der Waals surface area contributed by atoms with Crippen molar-refractivity contribution in [3.05, 3.63) is 94.5 Å². The number of esters is 1. The van der Waals surface area contributed by atoms with Crippen LogP contribution in [-0.2, 0) is 22.6 Å². The summed E-state index contributed by atoms with van der Waals surface area (Å²) in [7, 11) is 0. The number of ether oxygens (including phenoxy) is 1. The molecule has 164 valence electrons. The standard InChI is InChI=1S/C25H23ClN2O4/c1-17(29)32-22-7-4-6-20(15-22)25(31)28-21-12-9-18(10-13-21)16-27-24(30)14-11-19-5-2-3-8-23(19)26/h2-10,12-13,15H,11,14,16H2,1H3,(H,27,30)(H,28,31). The second-order valence-electron chi connectivity index (χ2n) is 7.14. The first-order chi connectivity index (χ1) is 15.4. The van der Waals surface area contributed by atoms with E-state index in [0.29, 0.717) is 41.4 Å². The van der Waals surface area contributed by atoms with E-state index in [4.69, 9.17) is 16.3 Å². The highest BCUT2D eigenvalue weighted by Crippen LogP contribution is 2.17. The quantitative estimate of drug-likeness (QED) is 0.382. The van der Waals surface area contributed by atoms with Gasteiger partial charge in [-0.15, -0.1) is 0 Å². The Labute approximate surface area is 191 Å². The molecule has 0 aliphatic rings.